The highest BCUT2D eigenvalue weighted by Gasteiger charge is 2.06. The summed E-state index contributed by atoms with van der Waals surface area (Å²) < 4.78 is 17.5. The molecule has 0 unspecified atom stereocenters. The summed E-state index contributed by atoms with van der Waals surface area (Å²) in [6.45, 7) is 8.78. The molecule has 3 heteroatoms. The molecular weight excluding hydrogens is 217 g/mol. The van der Waals surface area contributed by atoms with E-state index in [2.05, 4.69) is 31.3 Å². The van der Waals surface area contributed by atoms with Crippen LogP contribution in [0.2, 0.25) is 0 Å². The summed E-state index contributed by atoms with van der Waals surface area (Å²) >= 11 is 0. The fourth-order valence-corrected chi connectivity index (χ4v) is 1.83. The van der Waals surface area contributed by atoms with Gasteiger partial charge in [-0.05, 0) is 30.5 Å². The van der Waals surface area contributed by atoms with Gasteiger partial charge in [-0.2, -0.15) is 0 Å². The second-order valence-corrected chi connectivity index (χ2v) is 4.63. The molecule has 0 aliphatic heterocycles. The third-order valence-corrected chi connectivity index (χ3v) is 2.56. The molecule has 0 aliphatic rings. The van der Waals surface area contributed by atoms with Crippen molar-refractivity contribution in [1.82, 2.24) is 5.32 Å². The number of halogens is 1. The van der Waals surface area contributed by atoms with Crippen LogP contribution in [0.15, 0.2) is 12.1 Å². The van der Waals surface area contributed by atoms with Gasteiger partial charge in [0.25, 0.3) is 0 Å². The molecule has 0 heterocycles. The van der Waals surface area contributed by atoms with Gasteiger partial charge in [-0.3, -0.25) is 0 Å². The van der Waals surface area contributed by atoms with Crippen LogP contribution in [0.5, 0.6) is 5.75 Å². The first kappa shape index (κ1) is 14.0. The zero-order chi connectivity index (χ0) is 12.8. The van der Waals surface area contributed by atoms with E-state index in [0.717, 1.165) is 23.4 Å². The molecule has 0 bridgehead atoms. The summed E-state index contributed by atoms with van der Waals surface area (Å²) in [5.74, 6) is 0.816. The molecule has 1 aromatic rings. The monoisotopic (exact) mass is 239 g/mol. The Bertz CT molecular complexity index is 340. The van der Waals surface area contributed by atoms with Gasteiger partial charge in [0.2, 0.25) is 0 Å². The molecule has 2 nitrogen and oxygen atoms in total. The molecule has 0 atom stereocenters. The number of rotatable bonds is 6. The van der Waals surface area contributed by atoms with E-state index in [9.17, 15) is 4.39 Å². The third-order valence-electron chi connectivity index (χ3n) is 2.56. The van der Waals surface area contributed by atoms with E-state index >= 15 is 0 Å². The van der Waals surface area contributed by atoms with Crippen LogP contribution in [0.4, 0.5) is 4.39 Å². The highest BCUT2D eigenvalue weighted by molar-refractivity contribution is 5.43. The van der Waals surface area contributed by atoms with Gasteiger partial charge in [-0.25, -0.2) is 4.39 Å². The largest absolute Gasteiger partial charge is 0.490 e. The van der Waals surface area contributed by atoms with Gasteiger partial charge < -0.3 is 10.1 Å². The fraction of sp³-hybridized carbons (Fsp3) is 0.571. The minimum Gasteiger partial charge on any atom is -0.490 e. The van der Waals surface area contributed by atoms with Crippen LogP contribution in [0, 0.1) is 13.8 Å². The Hall–Kier alpha value is -1.09. The van der Waals surface area contributed by atoms with Crippen LogP contribution in [0.25, 0.3) is 0 Å². The van der Waals surface area contributed by atoms with Crippen molar-refractivity contribution in [3.05, 3.63) is 28.8 Å². The van der Waals surface area contributed by atoms with Crippen LogP contribution >= 0.6 is 0 Å². The lowest BCUT2D eigenvalue weighted by Gasteiger charge is -2.14. The number of hydrogen-bond donors (Lipinski definition) is 1. The van der Waals surface area contributed by atoms with Gasteiger partial charge in [0.1, 0.15) is 19.0 Å². The van der Waals surface area contributed by atoms with Crippen molar-refractivity contribution in [2.24, 2.45) is 0 Å². The molecule has 0 radical (unpaired) electrons. The van der Waals surface area contributed by atoms with Crippen LogP contribution in [0.1, 0.15) is 30.5 Å². The normalized spacial score (nSPS) is 10.9. The third kappa shape index (κ3) is 4.35. The smallest absolute Gasteiger partial charge is 0.125 e. The average molecular weight is 239 g/mol. The first-order chi connectivity index (χ1) is 8.04. The predicted molar refractivity (Wildman–Crippen MR) is 69.4 cm³/mol. The zero-order valence-electron chi connectivity index (χ0n) is 11.1. The zero-order valence-corrected chi connectivity index (χ0v) is 11.1. The highest BCUT2D eigenvalue weighted by Crippen LogP contribution is 2.24. The molecule has 0 amide bonds. The SMILES string of the molecule is Cc1cc(CNC(C)C)cc(C)c1OCCF. The molecule has 0 saturated heterocycles. The van der Waals surface area contributed by atoms with E-state index in [1.54, 1.807) is 0 Å². The van der Waals surface area contributed by atoms with Crippen molar-refractivity contribution in [1.29, 1.82) is 0 Å². The molecule has 0 aromatic heterocycles. The molecule has 17 heavy (non-hydrogen) atoms. The minimum absolute atomic E-state index is 0.130. The lowest BCUT2D eigenvalue weighted by molar-refractivity contribution is 0.270. The average Bonchev–Trinajstić information content (AvgIpc) is 2.25. The first-order valence-electron chi connectivity index (χ1n) is 6.07. The van der Waals surface area contributed by atoms with Crippen molar-refractivity contribution < 1.29 is 9.13 Å². The number of hydrogen-bond acceptors (Lipinski definition) is 2. The second kappa shape index (κ2) is 6.60. The van der Waals surface area contributed by atoms with Gasteiger partial charge >= 0.3 is 0 Å². The number of aryl methyl sites for hydroxylation is 2. The van der Waals surface area contributed by atoms with Gasteiger partial charge in [0.15, 0.2) is 0 Å². The lowest BCUT2D eigenvalue weighted by Crippen LogP contribution is -2.21. The first-order valence-corrected chi connectivity index (χ1v) is 6.07. The van der Waals surface area contributed by atoms with E-state index in [1.807, 2.05) is 13.8 Å². The summed E-state index contributed by atoms with van der Waals surface area (Å²) in [6.07, 6.45) is 0. The molecule has 0 saturated carbocycles. The Morgan fingerprint density at radius 2 is 1.82 bits per heavy atom. The van der Waals surface area contributed by atoms with E-state index in [1.165, 1.54) is 5.56 Å². The van der Waals surface area contributed by atoms with E-state index in [0.29, 0.717) is 6.04 Å². The van der Waals surface area contributed by atoms with Crippen LogP contribution in [0.3, 0.4) is 0 Å². The highest BCUT2D eigenvalue weighted by atomic mass is 19.1. The van der Waals surface area contributed by atoms with Crippen molar-refractivity contribution in [2.45, 2.75) is 40.3 Å². The summed E-state index contributed by atoms with van der Waals surface area (Å²) in [7, 11) is 0. The summed E-state index contributed by atoms with van der Waals surface area (Å²) in [5.41, 5.74) is 3.37. The minimum atomic E-state index is -0.449. The Balaban J connectivity index is 2.78. The summed E-state index contributed by atoms with van der Waals surface area (Å²) in [5, 5.41) is 3.38. The fourth-order valence-electron chi connectivity index (χ4n) is 1.83. The van der Waals surface area contributed by atoms with E-state index in [4.69, 9.17) is 4.74 Å². The molecular formula is C14H22FNO. The maximum absolute atomic E-state index is 12.1. The van der Waals surface area contributed by atoms with Crippen molar-refractivity contribution in [3.8, 4) is 5.75 Å². The quantitative estimate of drug-likeness (QED) is 0.823. The number of ether oxygens (including phenoxy) is 1. The standard InChI is InChI=1S/C14H22FNO/c1-10(2)16-9-13-7-11(3)14(12(4)8-13)17-6-5-15/h7-8,10,16H,5-6,9H2,1-4H3. The van der Waals surface area contributed by atoms with Crippen LogP contribution in [-0.2, 0) is 6.54 Å². The van der Waals surface area contributed by atoms with E-state index < -0.39 is 6.67 Å². The molecule has 0 fully saturated rings. The summed E-state index contributed by atoms with van der Waals surface area (Å²) in [4.78, 5) is 0. The Morgan fingerprint density at radius 1 is 1.24 bits per heavy atom. The Labute approximate surface area is 103 Å². The van der Waals surface area contributed by atoms with Gasteiger partial charge in [0, 0.05) is 12.6 Å². The lowest BCUT2D eigenvalue weighted by atomic mass is 10.1. The molecule has 1 aromatic carbocycles. The van der Waals surface area contributed by atoms with Crippen molar-refractivity contribution in [2.75, 3.05) is 13.3 Å². The van der Waals surface area contributed by atoms with E-state index in [-0.39, 0.29) is 6.61 Å². The topological polar surface area (TPSA) is 21.3 Å². The van der Waals surface area contributed by atoms with Gasteiger partial charge in [-0.1, -0.05) is 26.0 Å². The predicted octanol–water partition coefficient (Wildman–Crippen LogP) is 3.15. The van der Waals surface area contributed by atoms with Crippen molar-refractivity contribution >= 4 is 0 Å². The van der Waals surface area contributed by atoms with Gasteiger partial charge in [0.05, 0.1) is 0 Å². The Kier molecular flexibility index (Phi) is 5.42. The number of benzene rings is 1. The molecule has 1 rings (SSSR count). The molecule has 96 valence electrons. The second-order valence-electron chi connectivity index (χ2n) is 4.63. The van der Waals surface area contributed by atoms with Gasteiger partial charge in [-0.15, -0.1) is 0 Å². The Morgan fingerprint density at radius 3 is 2.29 bits per heavy atom. The maximum Gasteiger partial charge on any atom is 0.125 e. The molecule has 0 spiro atoms. The van der Waals surface area contributed by atoms with Crippen molar-refractivity contribution in [3.63, 3.8) is 0 Å². The molecule has 0 aliphatic carbocycles. The number of alkyl halides is 1. The van der Waals surface area contributed by atoms with Crippen LogP contribution < -0.4 is 10.1 Å². The summed E-state index contributed by atoms with van der Waals surface area (Å²) in [6, 6.07) is 4.66. The molecule has 1 N–H and O–H groups in total. The van der Waals surface area contributed by atoms with Crippen LogP contribution in [-0.4, -0.2) is 19.3 Å². The number of nitrogens with one attached hydrogen (secondary N) is 1. The maximum atomic E-state index is 12.1.